The number of halogens is 1. The van der Waals surface area contributed by atoms with Crippen molar-refractivity contribution in [1.29, 1.82) is 0 Å². The van der Waals surface area contributed by atoms with Gasteiger partial charge >= 0.3 is 0 Å². The van der Waals surface area contributed by atoms with Gasteiger partial charge < -0.3 is 9.73 Å². The average molecular weight is 221 g/mol. The molecule has 1 heterocycles. The molecule has 2 rings (SSSR count). The van der Waals surface area contributed by atoms with E-state index in [1.165, 1.54) is 6.07 Å². The van der Waals surface area contributed by atoms with Crippen LogP contribution in [0.25, 0.3) is 11.0 Å². The molecule has 1 aromatic heterocycles. The number of para-hydroxylation sites is 1. The summed E-state index contributed by atoms with van der Waals surface area (Å²) in [5.41, 5.74) is 0.376. The van der Waals surface area contributed by atoms with E-state index in [0.29, 0.717) is 5.58 Å². The molecule has 0 saturated heterocycles. The van der Waals surface area contributed by atoms with Gasteiger partial charge in [0.2, 0.25) is 0 Å². The Morgan fingerprint density at radius 1 is 1.38 bits per heavy atom. The Balaban J connectivity index is 2.05. The van der Waals surface area contributed by atoms with E-state index in [1.54, 1.807) is 6.07 Å². The van der Waals surface area contributed by atoms with Crippen LogP contribution in [0, 0.1) is 5.82 Å². The highest BCUT2D eigenvalue weighted by atomic mass is 19.1. The molecule has 0 bridgehead atoms. The summed E-state index contributed by atoms with van der Waals surface area (Å²) < 4.78 is 18.8. The van der Waals surface area contributed by atoms with E-state index < -0.39 is 0 Å². The quantitative estimate of drug-likeness (QED) is 0.785. The van der Waals surface area contributed by atoms with Gasteiger partial charge in [-0.25, -0.2) is 4.39 Å². The molecule has 16 heavy (non-hydrogen) atoms. The lowest BCUT2D eigenvalue weighted by Gasteiger charge is -1.98. The van der Waals surface area contributed by atoms with Crippen molar-refractivity contribution < 1.29 is 8.81 Å². The topological polar surface area (TPSA) is 25.2 Å². The molecule has 0 fully saturated rings. The highest BCUT2D eigenvalue weighted by Gasteiger charge is 2.07. The molecule has 0 atom stereocenters. The minimum atomic E-state index is -0.282. The summed E-state index contributed by atoms with van der Waals surface area (Å²) in [5.74, 6) is 0.577. The maximum absolute atomic E-state index is 13.3. The van der Waals surface area contributed by atoms with Crippen LogP contribution < -0.4 is 5.32 Å². The van der Waals surface area contributed by atoms with Crippen molar-refractivity contribution in [1.82, 2.24) is 5.32 Å². The summed E-state index contributed by atoms with van der Waals surface area (Å²) in [4.78, 5) is 0. The van der Waals surface area contributed by atoms with E-state index in [1.807, 2.05) is 12.1 Å². The number of nitrogens with one attached hydrogen (secondary N) is 1. The zero-order valence-electron chi connectivity index (χ0n) is 9.42. The normalized spacial score (nSPS) is 11.1. The number of rotatable bonds is 5. The molecule has 0 unspecified atom stereocenters. The molecule has 3 heteroatoms. The predicted molar refractivity (Wildman–Crippen MR) is 63.0 cm³/mol. The van der Waals surface area contributed by atoms with Crippen LogP contribution in [-0.2, 0) is 6.42 Å². The number of hydrogen-bond donors (Lipinski definition) is 1. The van der Waals surface area contributed by atoms with Gasteiger partial charge in [0.05, 0.1) is 0 Å². The summed E-state index contributed by atoms with van der Waals surface area (Å²) in [6, 6.07) is 6.92. The Morgan fingerprint density at radius 3 is 3.00 bits per heavy atom. The van der Waals surface area contributed by atoms with E-state index in [9.17, 15) is 4.39 Å². The minimum Gasteiger partial charge on any atom is -0.458 e. The zero-order valence-corrected chi connectivity index (χ0v) is 9.42. The predicted octanol–water partition coefficient (Wildman–Crippen LogP) is 3.11. The van der Waals surface area contributed by atoms with Gasteiger partial charge in [-0.05, 0) is 31.6 Å². The highest BCUT2D eigenvalue weighted by molar-refractivity contribution is 5.78. The molecular weight excluding hydrogens is 205 g/mol. The van der Waals surface area contributed by atoms with Gasteiger partial charge in [0.25, 0.3) is 0 Å². The maximum atomic E-state index is 13.3. The molecule has 2 aromatic rings. The van der Waals surface area contributed by atoms with Crippen molar-refractivity contribution >= 4 is 11.0 Å². The lowest BCUT2D eigenvalue weighted by molar-refractivity contribution is 0.508. The summed E-state index contributed by atoms with van der Waals surface area (Å²) in [5, 5.41) is 4.09. The first-order valence-electron chi connectivity index (χ1n) is 5.69. The molecule has 0 saturated carbocycles. The van der Waals surface area contributed by atoms with Gasteiger partial charge in [0.15, 0.2) is 11.4 Å². The minimum absolute atomic E-state index is 0.282. The second-order valence-corrected chi connectivity index (χ2v) is 3.83. The maximum Gasteiger partial charge on any atom is 0.169 e. The average Bonchev–Trinajstić information content (AvgIpc) is 2.69. The molecule has 86 valence electrons. The van der Waals surface area contributed by atoms with Crippen LogP contribution in [0.1, 0.15) is 19.1 Å². The van der Waals surface area contributed by atoms with Crippen molar-refractivity contribution in [3.8, 4) is 0 Å². The molecule has 0 aliphatic carbocycles. The highest BCUT2D eigenvalue weighted by Crippen LogP contribution is 2.22. The lowest BCUT2D eigenvalue weighted by Crippen LogP contribution is -2.14. The van der Waals surface area contributed by atoms with Crippen molar-refractivity contribution in [2.24, 2.45) is 0 Å². The van der Waals surface area contributed by atoms with Crippen LogP contribution in [0.5, 0.6) is 0 Å². The van der Waals surface area contributed by atoms with Crippen LogP contribution in [0.4, 0.5) is 4.39 Å². The van der Waals surface area contributed by atoms with Crippen LogP contribution >= 0.6 is 0 Å². The Hall–Kier alpha value is -1.35. The molecule has 0 amide bonds. The van der Waals surface area contributed by atoms with E-state index in [0.717, 1.165) is 37.1 Å². The van der Waals surface area contributed by atoms with E-state index >= 15 is 0 Å². The Morgan fingerprint density at radius 2 is 2.25 bits per heavy atom. The van der Waals surface area contributed by atoms with E-state index in [4.69, 9.17) is 4.42 Å². The van der Waals surface area contributed by atoms with Crippen LogP contribution in [0.15, 0.2) is 28.7 Å². The number of benzene rings is 1. The van der Waals surface area contributed by atoms with E-state index in [2.05, 4.69) is 12.2 Å². The largest absolute Gasteiger partial charge is 0.458 e. The van der Waals surface area contributed by atoms with Crippen molar-refractivity contribution in [2.75, 3.05) is 13.1 Å². The molecule has 0 aliphatic heterocycles. The van der Waals surface area contributed by atoms with Crippen LogP contribution in [0.2, 0.25) is 0 Å². The fraction of sp³-hybridized carbons (Fsp3) is 0.385. The van der Waals surface area contributed by atoms with Gasteiger partial charge in [-0.1, -0.05) is 19.1 Å². The van der Waals surface area contributed by atoms with Gasteiger partial charge in [-0.3, -0.25) is 0 Å². The fourth-order valence-electron chi connectivity index (χ4n) is 1.77. The first-order valence-corrected chi connectivity index (χ1v) is 5.69. The SMILES string of the molecule is CCNCCCc1cc2cccc(F)c2o1. The van der Waals surface area contributed by atoms with Crippen molar-refractivity contribution in [3.05, 3.63) is 35.8 Å². The van der Waals surface area contributed by atoms with Crippen molar-refractivity contribution in [3.63, 3.8) is 0 Å². The molecule has 0 radical (unpaired) electrons. The molecule has 0 spiro atoms. The Labute approximate surface area is 94.4 Å². The number of aryl methyl sites for hydroxylation is 1. The second-order valence-electron chi connectivity index (χ2n) is 3.83. The first kappa shape index (κ1) is 11.1. The lowest BCUT2D eigenvalue weighted by atomic mass is 10.2. The Bertz CT molecular complexity index is 464. The summed E-state index contributed by atoms with van der Waals surface area (Å²) in [6.45, 7) is 4.03. The Kier molecular flexibility index (Phi) is 3.57. The van der Waals surface area contributed by atoms with Gasteiger partial charge in [-0.15, -0.1) is 0 Å². The number of furan rings is 1. The summed E-state index contributed by atoms with van der Waals surface area (Å²) in [6.07, 6.45) is 1.86. The molecule has 1 N–H and O–H groups in total. The van der Waals surface area contributed by atoms with Crippen LogP contribution in [-0.4, -0.2) is 13.1 Å². The third-order valence-electron chi connectivity index (χ3n) is 2.57. The summed E-state index contributed by atoms with van der Waals surface area (Å²) >= 11 is 0. The first-order chi connectivity index (χ1) is 7.81. The second kappa shape index (κ2) is 5.12. The zero-order chi connectivity index (χ0) is 11.4. The molecule has 0 aliphatic rings. The third-order valence-corrected chi connectivity index (χ3v) is 2.57. The summed E-state index contributed by atoms with van der Waals surface area (Å²) in [7, 11) is 0. The van der Waals surface area contributed by atoms with E-state index in [-0.39, 0.29) is 5.82 Å². The molecule has 2 nitrogen and oxygen atoms in total. The molecular formula is C13H16FNO. The van der Waals surface area contributed by atoms with Crippen molar-refractivity contribution in [2.45, 2.75) is 19.8 Å². The van der Waals surface area contributed by atoms with Gasteiger partial charge in [0, 0.05) is 11.8 Å². The smallest absolute Gasteiger partial charge is 0.169 e. The van der Waals surface area contributed by atoms with Gasteiger partial charge in [0.1, 0.15) is 5.76 Å². The number of fused-ring (bicyclic) bond motifs is 1. The standard InChI is InChI=1S/C13H16FNO/c1-2-15-8-4-6-11-9-10-5-3-7-12(14)13(10)16-11/h3,5,7,9,15H,2,4,6,8H2,1H3. The number of hydrogen-bond acceptors (Lipinski definition) is 2. The fourth-order valence-corrected chi connectivity index (χ4v) is 1.77. The third kappa shape index (κ3) is 2.42. The molecule has 1 aromatic carbocycles. The monoisotopic (exact) mass is 221 g/mol. The van der Waals surface area contributed by atoms with Crippen LogP contribution in [0.3, 0.4) is 0 Å². The van der Waals surface area contributed by atoms with Gasteiger partial charge in [-0.2, -0.15) is 0 Å².